The van der Waals surface area contributed by atoms with Crippen molar-refractivity contribution in [2.45, 2.75) is 52.1 Å². The van der Waals surface area contributed by atoms with Crippen LogP contribution in [0.4, 0.5) is 5.82 Å². The minimum atomic E-state index is 0. The van der Waals surface area contributed by atoms with Crippen molar-refractivity contribution in [3.05, 3.63) is 23.9 Å². The Morgan fingerprint density at radius 3 is 2.56 bits per heavy atom. The molecule has 154 valence electrons. The van der Waals surface area contributed by atoms with Crippen LogP contribution in [-0.2, 0) is 6.54 Å². The second kappa shape index (κ2) is 11.7. The van der Waals surface area contributed by atoms with Crippen LogP contribution in [0.2, 0.25) is 0 Å². The molecule has 27 heavy (non-hydrogen) atoms. The topological polar surface area (TPSA) is 55.8 Å². The molecule has 0 spiro atoms. The molecule has 1 saturated heterocycles. The fourth-order valence-electron chi connectivity index (χ4n) is 3.23. The lowest BCUT2D eigenvalue weighted by Gasteiger charge is -2.41. The average Bonchev–Trinajstić information content (AvgIpc) is 2.65. The van der Waals surface area contributed by atoms with Gasteiger partial charge in [-0.15, -0.1) is 24.0 Å². The van der Waals surface area contributed by atoms with Crippen LogP contribution in [0, 0.1) is 0 Å². The number of rotatable bonds is 7. The number of nitrogens with one attached hydrogen (secondary N) is 2. The van der Waals surface area contributed by atoms with Gasteiger partial charge in [0.2, 0.25) is 0 Å². The summed E-state index contributed by atoms with van der Waals surface area (Å²) in [6, 6.07) is 4.11. The number of piperidine rings is 1. The van der Waals surface area contributed by atoms with Gasteiger partial charge in [0.15, 0.2) is 5.96 Å². The summed E-state index contributed by atoms with van der Waals surface area (Å²) in [5.41, 5.74) is 1.29. The van der Waals surface area contributed by atoms with Crippen molar-refractivity contribution < 1.29 is 0 Å². The van der Waals surface area contributed by atoms with E-state index in [1.165, 1.54) is 32.4 Å². The molecule has 0 aliphatic carbocycles. The molecule has 2 heterocycles. The minimum Gasteiger partial charge on any atom is -0.363 e. The number of nitrogens with zero attached hydrogens (tertiary/aromatic N) is 4. The van der Waals surface area contributed by atoms with Crippen LogP contribution >= 0.6 is 24.0 Å². The van der Waals surface area contributed by atoms with E-state index in [0.717, 1.165) is 30.4 Å². The largest absolute Gasteiger partial charge is 0.363 e. The maximum atomic E-state index is 4.76. The van der Waals surface area contributed by atoms with Crippen LogP contribution in [0.1, 0.15) is 45.6 Å². The first-order chi connectivity index (χ1) is 12.4. The van der Waals surface area contributed by atoms with Crippen LogP contribution in [0.15, 0.2) is 23.3 Å². The van der Waals surface area contributed by atoms with Gasteiger partial charge < -0.3 is 15.5 Å². The summed E-state index contributed by atoms with van der Waals surface area (Å²) in [6.45, 7) is 11.5. The van der Waals surface area contributed by atoms with Crippen molar-refractivity contribution in [2.24, 2.45) is 4.99 Å². The number of pyridine rings is 1. The molecule has 0 saturated carbocycles. The number of likely N-dealkylation sites (tertiary alicyclic amines) is 1. The molecule has 2 rings (SSSR count). The SMILES string of the molecule is CCNC(=NCc1ccnc(N(C)C)c1)NCC(C)(C)N1CCCCC1.I. The summed E-state index contributed by atoms with van der Waals surface area (Å²) in [7, 11) is 4.01. The van der Waals surface area contributed by atoms with Gasteiger partial charge in [-0.25, -0.2) is 9.98 Å². The predicted molar refractivity (Wildman–Crippen MR) is 126 cm³/mol. The lowest BCUT2D eigenvalue weighted by Crippen LogP contribution is -2.54. The number of hydrogen-bond donors (Lipinski definition) is 2. The Balaban J connectivity index is 0.00000364. The molecule has 2 N–H and O–H groups in total. The lowest BCUT2D eigenvalue weighted by molar-refractivity contribution is 0.0982. The summed E-state index contributed by atoms with van der Waals surface area (Å²) in [5, 5.41) is 6.90. The Kier molecular flexibility index (Phi) is 10.4. The van der Waals surface area contributed by atoms with E-state index in [1.807, 2.05) is 31.3 Å². The van der Waals surface area contributed by atoms with Gasteiger partial charge in [-0.3, -0.25) is 4.90 Å². The number of halogens is 1. The Labute approximate surface area is 182 Å². The van der Waals surface area contributed by atoms with E-state index in [0.29, 0.717) is 6.54 Å². The van der Waals surface area contributed by atoms with Crippen LogP contribution in [0.3, 0.4) is 0 Å². The summed E-state index contributed by atoms with van der Waals surface area (Å²) < 4.78 is 0. The third-order valence-corrected chi connectivity index (χ3v) is 4.93. The average molecular weight is 488 g/mol. The van der Waals surface area contributed by atoms with Crippen molar-refractivity contribution in [2.75, 3.05) is 45.2 Å². The molecule has 6 nitrogen and oxygen atoms in total. The standard InChI is InChI=1S/C20H36N6.HI/c1-6-21-19(23-15-17-10-11-22-18(14-17)25(4)5)24-16-20(2,3)26-12-8-7-9-13-26;/h10-11,14H,6-9,12-13,15-16H2,1-5H3,(H2,21,23,24);1H. The highest BCUT2D eigenvalue weighted by molar-refractivity contribution is 14.0. The maximum absolute atomic E-state index is 4.76. The summed E-state index contributed by atoms with van der Waals surface area (Å²) in [4.78, 5) is 13.7. The zero-order valence-electron chi connectivity index (χ0n) is 17.6. The number of anilines is 1. The summed E-state index contributed by atoms with van der Waals surface area (Å²) in [6.07, 6.45) is 5.84. The van der Waals surface area contributed by atoms with E-state index in [2.05, 4.69) is 47.4 Å². The number of aliphatic imine (C=N–C) groups is 1. The lowest BCUT2D eigenvalue weighted by atomic mass is 9.98. The second-order valence-electron chi connectivity index (χ2n) is 7.83. The van der Waals surface area contributed by atoms with Gasteiger partial charge in [0.1, 0.15) is 5.82 Å². The Morgan fingerprint density at radius 2 is 1.93 bits per heavy atom. The summed E-state index contributed by atoms with van der Waals surface area (Å²) in [5.74, 6) is 1.84. The van der Waals surface area contributed by atoms with E-state index in [-0.39, 0.29) is 29.5 Å². The van der Waals surface area contributed by atoms with Gasteiger partial charge in [0, 0.05) is 38.9 Å². The monoisotopic (exact) mass is 488 g/mol. The quantitative estimate of drug-likeness (QED) is 0.351. The Bertz CT molecular complexity index is 582. The predicted octanol–water partition coefficient (Wildman–Crippen LogP) is 3.09. The van der Waals surface area contributed by atoms with Gasteiger partial charge in [0.25, 0.3) is 0 Å². The first-order valence-electron chi connectivity index (χ1n) is 9.82. The van der Waals surface area contributed by atoms with E-state index >= 15 is 0 Å². The third kappa shape index (κ3) is 7.81. The zero-order chi connectivity index (χ0) is 19.0. The van der Waals surface area contributed by atoms with Gasteiger partial charge in [-0.1, -0.05) is 6.42 Å². The molecular weight excluding hydrogens is 451 g/mol. The fourth-order valence-corrected chi connectivity index (χ4v) is 3.23. The van der Waals surface area contributed by atoms with E-state index < -0.39 is 0 Å². The smallest absolute Gasteiger partial charge is 0.191 e. The molecule has 1 aromatic heterocycles. The normalized spacial score (nSPS) is 15.8. The number of hydrogen-bond acceptors (Lipinski definition) is 4. The molecule has 1 aliphatic rings. The maximum Gasteiger partial charge on any atom is 0.191 e. The molecule has 0 radical (unpaired) electrons. The second-order valence-corrected chi connectivity index (χ2v) is 7.83. The van der Waals surface area contributed by atoms with Crippen molar-refractivity contribution in [1.82, 2.24) is 20.5 Å². The third-order valence-electron chi connectivity index (χ3n) is 4.93. The molecule has 0 bridgehead atoms. The van der Waals surface area contributed by atoms with Gasteiger partial charge in [-0.2, -0.15) is 0 Å². The fraction of sp³-hybridized carbons (Fsp3) is 0.700. The highest BCUT2D eigenvalue weighted by Crippen LogP contribution is 2.19. The van der Waals surface area contributed by atoms with Crippen LogP contribution in [0.25, 0.3) is 0 Å². The van der Waals surface area contributed by atoms with Crippen molar-refractivity contribution in [3.63, 3.8) is 0 Å². The van der Waals surface area contributed by atoms with Crippen molar-refractivity contribution in [1.29, 1.82) is 0 Å². The highest BCUT2D eigenvalue weighted by Gasteiger charge is 2.27. The zero-order valence-corrected chi connectivity index (χ0v) is 19.9. The molecule has 0 atom stereocenters. The molecule has 0 amide bonds. The Morgan fingerprint density at radius 1 is 1.22 bits per heavy atom. The molecule has 0 aromatic carbocycles. The molecule has 1 aromatic rings. The summed E-state index contributed by atoms with van der Waals surface area (Å²) >= 11 is 0. The number of guanidine groups is 1. The van der Waals surface area contributed by atoms with E-state index in [1.54, 1.807) is 0 Å². The van der Waals surface area contributed by atoms with E-state index in [9.17, 15) is 0 Å². The van der Waals surface area contributed by atoms with Crippen molar-refractivity contribution >= 4 is 35.8 Å². The van der Waals surface area contributed by atoms with Gasteiger partial charge >= 0.3 is 0 Å². The molecule has 0 unspecified atom stereocenters. The highest BCUT2D eigenvalue weighted by atomic mass is 127. The minimum absolute atomic E-state index is 0. The van der Waals surface area contributed by atoms with Crippen LogP contribution in [0.5, 0.6) is 0 Å². The first-order valence-corrected chi connectivity index (χ1v) is 9.82. The first kappa shape index (κ1) is 23.9. The Hall–Kier alpha value is -1.09. The molecular formula is C20H37IN6. The van der Waals surface area contributed by atoms with Gasteiger partial charge in [0.05, 0.1) is 6.54 Å². The van der Waals surface area contributed by atoms with Gasteiger partial charge in [-0.05, 0) is 64.4 Å². The molecule has 1 fully saturated rings. The van der Waals surface area contributed by atoms with Crippen LogP contribution in [-0.4, -0.2) is 61.7 Å². The van der Waals surface area contributed by atoms with Crippen molar-refractivity contribution in [3.8, 4) is 0 Å². The van der Waals surface area contributed by atoms with E-state index in [4.69, 9.17) is 4.99 Å². The molecule has 1 aliphatic heterocycles. The number of aromatic nitrogens is 1. The van der Waals surface area contributed by atoms with Crippen LogP contribution < -0.4 is 15.5 Å². The molecule has 7 heteroatoms.